The van der Waals surface area contributed by atoms with Crippen LogP contribution in [0.25, 0.3) is 76.5 Å². The van der Waals surface area contributed by atoms with E-state index in [1.807, 2.05) is 12.4 Å². The second-order valence-corrected chi connectivity index (χ2v) is 12.2. The number of aliphatic imine (C=N–C) groups is 2. The van der Waals surface area contributed by atoms with Crippen LogP contribution in [-0.2, 0) is 0 Å². The fourth-order valence-electron chi connectivity index (χ4n) is 7.70. The summed E-state index contributed by atoms with van der Waals surface area (Å²) in [5.41, 5.74) is 10.8. The number of hydrogen-bond donors (Lipinski definition) is 0. The van der Waals surface area contributed by atoms with Gasteiger partial charge in [-0.1, -0.05) is 74.5 Å². The van der Waals surface area contributed by atoms with Crippen LogP contribution < -0.4 is 0 Å². The molecule has 2 unspecified atom stereocenters. The minimum absolute atomic E-state index is 0.364. The normalized spacial score (nSPS) is 19.1. The molecule has 0 saturated heterocycles. The first-order chi connectivity index (χ1) is 20.7. The molecule has 2 atom stereocenters. The van der Waals surface area contributed by atoms with E-state index in [2.05, 4.69) is 121 Å². The second-order valence-electron chi connectivity index (χ2n) is 12.2. The number of rotatable bonds is 2. The molecule has 6 aromatic carbocycles. The highest BCUT2D eigenvalue weighted by Crippen LogP contribution is 2.51. The van der Waals surface area contributed by atoms with Crippen LogP contribution in [0, 0.1) is 11.8 Å². The summed E-state index contributed by atoms with van der Waals surface area (Å²) in [7, 11) is 0. The predicted octanol–water partition coefficient (Wildman–Crippen LogP) is 10.2. The second kappa shape index (κ2) is 8.84. The molecule has 1 aliphatic carbocycles. The van der Waals surface area contributed by atoms with Crippen molar-refractivity contribution in [2.24, 2.45) is 21.8 Å². The van der Waals surface area contributed by atoms with Gasteiger partial charge in [0.15, 0.2) is 0 Å². The molecule has 0 N–H and O–H groups in total. The van der Waals surface area contributed by atoms with Crippen LogP contribution in [0.2, 0.25) is 0 Å². The summed E-state index contributed by atoms with van der Waals surface area (Å²) in [4.78, 5) is 9.15. The number of dihydropyridines is 2. The van der Waals surface area contributed by atoms with Crippen molar-refractivity contribution >= 4 is 66.7 Å². The highest BCUT2D eigenvalue weighted by Gasteiger charge is 2.26. The van der Waals surface area contributed by atoms with E-state index in [4.69, 9.17) is 0 Å². The topological polar surface area (TPSA) is 24.7 Å². The maximum Gasteiger partial charge on any atom is 0.0455 e. The Kier molecular flexibility index (Phi) is 5.02. The van der Waals surface area contributed by atoms with Crippen molar-refractivity contribution in [3.8, 4) is 22.3 Å². The molecule has 0 radical (unpaired) electrons. The lowest BCUT2D eigenvalue weighted by Gasteiger charge is -2.23. The maximum atomic E-state index is 4.59. The molecule has 0 fully saturated rings. The van der Waals surface area contributed by atoms with E-state index in [9.17, 15) is 0 Å². The standard InChI is InChI=1S/C40H30N2/c1-23-21-41-15-13-26(23)32-17-38-34(29-10-4-3-9-28(29)32)18-33(27-14-16-42-22-24(27)2)37-19-35-30-11-5-7-25-8-6-12-31(40(25)30)36(35)20-39(37)38/h3-20,23-24H,21-22H2,1-2H3. The average molecular weight is 539 g/mol. The number of fused-ring (bicyclic) bond motifs is 8. The van der Waals surface area contributed by atoms with Crippen molar-refractivity contribution in [3.63, 3.8) is 0 Å². The monoisotopic (exact) mass is 538 g/mol. The van der Waals surface area contributed by atoms with Crippen molar-refractivity contribution in [1.29, 1.82) is 0 Å². The van der Waals surface area contributed by atoms with Gasteiger partial charge >= 0.3 is 0 Å². The third kappa shape index (κ3) is 3.27. The summed E-state index contributed by atoms with van der Waals surface area (Å²) in [6.07, 6.45) is 8.44. The van der Waals surface area contributed by atoms with E-state index >= 15 is 0 Å². The smallest absolute Gasteiger partial charge is 0.0455 e. The van der Waals surface area contributed by atoms with E-state index < -0.39 is 0 Å². The minimum Gasteiger partial charge on any atom is -0.293 e. The molecular weight excluding hydrogens is 508 g/mol. The molecule has 0 amide bonds. The highest BCUT2D eigenvalue weighted by atomic mass is 14.7. The van der Waals surface area contributed by atoms with Crippen LogP contribution in [0.3, 0.4) is 0 Å². The van der Waals surface area contributed by atoms with Gasteiger partial charge in [0.1, 0.15) is 0 Å². The Morgan fingerprint density at radius 3 is 1.60 bits per heavy atom. The summed E-state index contributed by atoms with van der Waals surface area (Å²) >= 11 is 0. The SMILES string of the molecule is CC1CN=CC=C1c1cc2c3cc4c(cc3c(C3=CC=NCC3C)cc2c2ccccc12)-c1cccc2cccc-4c12. The third-order valence-electron chi connectivity index (χ3n) is 9.76. The van der Waals surface area contributed by atoms with Gasteiger partial charge in [-0.15, -0.1) is 0 Å². The minimum atomic E-state index is 0.364. The van der Waals surface area contributed by atoms with Crippen molar-refractivity contribution in [3.05, 3.63) is 108 Å². The van der Waals surface area contributed by atoms with Crippen molar-refractivity contribution in [2.45, 2.75) is 13.8 Å². The van der Waals surface area contributed by atoms with E-state index in [0.717, 1.165) is 13.1 Å². The Labute approximate surface area is 245 Å². The number of benzene rings is 6. The van der Waals surface area contributed by atoms with Crippen LogP contribution >= 0.6 is 0 Å². The maximum absolute atomic E-state index is 4.59. The quantitative estimate of drug-likeness (QED) is 0.196. The van der Waals surface area contributed by atoms with Gasteiger partial charge in [0.05, 0.1) is 0 Å². The average Bonchev–Trinajstić information content (AvgIpc) is 3.34. The van der Waals surface area contributed by atoms with Gasteiger partial charge in [-0.3, -0.25) is 9.98 Å². The molecule has 0 aromatic heterocycles. The van der Waals surface area contributed by atoms with Crippen LogP contribution in [0.1, 0.15) is 25.0 Å². The van der Waals surface area contributed by atoms with E-state index in [0.29, 0.717) is 11.8 Å². The van der Waals surface area contributed by atoms with E-state index in [-0.39, 0.29) is 0 Å². The van der Waals surface area contributed by atoms with Gasteiger partial charge in [-0.05, 0) is 124 Å². The van der Waals surface area contributed by atoms with Gasteiger partial charge in [-0.25, -0.2) is 0 Å². The Morgan fingerprint density at radius 1 is 0.476 bits per heavy atom. The number of hydrogen-bond acceptors (Lipinski definition) is 2. The molecule has 2 heterocycles. The molecule has 2 nitrogen and oxygen atoms in total. The van der Waals surface area contributed by atoms with E-state index in [1.165, 1.54) is 87.6 Å². The van der Waals surface area contributed by atoms with Gasteiger partial charge in [0.25, 0.3) is 0 Å². The van der Waals surface area contributed by atoms with Crippen molar-refractivity contribution < 1.29 is 0 Å². The van der Waals surface area contributed by atoms with Crippen molar-refractivity contribution in [1.82, 2.24) is 0 Å². The molecule has 42 heavy (non-hydrogen) atoms. The van der Waals surface area contributed by atoms with Gasteiger partial charge in [0.2, 0.25) is 0 Å². The largest absolute Gasteiger partial charge is 0.293 e. The van der Waals surface area contributed by atoms with Crippen molar-refractivity contribution in [2.75, 3.05) is 13.1 Å². The zero-order chi connectivity index (χ0) is 27.9. The zero-order valence-electron chi connectivity index (χ0n) is 23.9. The van der Waals surface area contributed by atoms with E-state index in [1.54, 1.807) is 0 Å². The van der Waals surface area contributed by atoms with Crippen LogP contribution in [0.5, 0.6) is 0 Å². The number of nitrogens with zero attached hydrogens (tertiary/aromatic N) is 2. The molecule has 6 aromatic rings. The molecule has 2 heteroatoms. The Balaban J connectivity index is 1.47. The van der Waals surface area contributed by atoms with Crippen LogP contribution in [-0.4, -0.2) is 25.5 Å². The summed E-state index contributed by atoms with van der Waals surface area (Å²) in [6, 6.07) is 32.4. The molecule has 3 aliphatic rings. The highest BCUT2D eigenvalue weighted by molar-refractivity contribution is 6.25. The summed E-state index contributed by atoms with van der Waals surface area (Å²) in [5.74, 6) is 0.743. The first-order valence-electron chi connectivity index (χ1n) is 15.1. The lowest BCUT2D eigenvalue weighted by atomic mass is 9.82. The molecule has 9 rings (SSSR count). The third-order valence-corrected chi connectivity index (χ3v) is 9.76. The molecule has 0 bridgehead atoms. The molecule has 2 aliphatic heterocycles. The molecular formula is C40H30N2. The zero-order valence-corrected chi connectivity index (χ0v) is 23.9. The Morgan fingerprint density at radius 2 is 0.976 bits per heavy atom. The molecule has 200 valence electrons. The lowest BCUT2D eigenvalue weighted by molar-refractivity contribution is 0.758. The summed E-state index contributed by atoms with van der Waals surface area (Å²) in [5, 5.41) is 10.6. The van der Waals surface area contributed by atoms with Crippen LogP contribution in [0.15, 0.2) is 107 Å². The Hall–Kier alpha value is -4.82. The summed E-state index contributed by atoms with van der Waals surface area (Å²) < 4.78 is 0. The predicted molar refractivity (Wildman–Crippen MR) is 182 cm³/mol. The lowest BCUT2D eigenvalue weighted by Crippen LogP contribution is -2.09. The molecule has 0 saturated carbocycles. The number of allylic oxidation sites excluding steroid dienone is 2. The Bertz CT molecular complexity index is 2270. The fraction of sp³-hybridized carbons (Fsp3) is 0.150. The molecule has 0 spiro atoms. The fourth-order valence-corrected chi connectivity index (χ4v) is 7.70. The van der Waals surface area contributed by atoms with Crippen LogP contribution in [0.4, 0.5) is 0 Å². The van der Waals surface area contributed by atoms with Gasteiger partial charge < -0.3 is 0 Å². The summed E-state index contributed by atoms with van der Waals surface area (Å²) in [6.45, 7) is 6.27. The van der Waals surface area contributed by atoms with Gasteiger partial charge in [0, 0.05) is 37.4 Å². The van der Waals surface area contributed by atoms with Gasteiger partial charge in [-0.2, -0.15) is 0 Å². The first kappa shape index (κ1) is 23.8. The first-order valence-corrected chi connectivity index (χ1v) is 15.1.